The number of anilines is 1. The van der Waals surface area contributed by atoms with Gasteiger partial charge in [0.15, 0.2) is 0 Å². The number of nitrogens with two attached hydrogens (primary N) is 1. The first-order valence-electron chi connectivity index (χ1n) is 9.34. The number of nitrogens with one attached hydrogen (secondary N) is 2. The summed E-state index contributed by atoms with van der Waals surface area (Å²) in [6, 6.07) is 14.8. The molecule has 0 aliphatic carbocycles. The molecule has 3 rings (SSSR count). The average molecular weight is 366 g/mol. The molecule has 1 heterocycles. The van der Waals surface area contributed by atoms with E-state index in [1.54, 1.807) is 24.3 Å². The molecular formula is C21H26N4O2. The molecule has 6 heteroatoms. The van der Waals surface area contributed by atoms with Gasteiger partial charge in [-0.3, -0.25) is 10.2 Å². The summed E-state index contributed by atoms with van der Waals surface area (Å²) in [7, 11) is 0. The molecule has 1 aliphatic rings. The molecule has 142 valence electrons. The van der Waals surface area contributed by atoms with Crippen LogP contribution in [0.15, 0.2) is 48.5 Å². The molecule has 0 atom stereocenters. The van der Waals surface area contributed by atoms with E-state index < -0.39 is 0 Å². The van der Waals surface area contributed by atoms with Crippen molar-refractivity contribution in [3.8, 4) is 5.75 Å². The first-order chi connectivity index (χ1) is 13.1. The van der Waals surface area contributed by atoms with Crippen LogP contribution < -0.4 is 20.7 Å². The number of ether oxygens (including phenoxy) is 1. The molecule has 1 aliphatic heterocycles. The van der Waals surface area contributed by atoms with E-state index >= 15 is 0 Å². The molecule has 1 fully saturated rings. The number of hydrogen-bond donors (Lipinski definition) is 3. The molecule has 0 bridgehead atoms. The quantitative estimate of drug-likeness (QED) is 0.399. The molecule has 2 aromatic rings. The molecule has 0 aromatic heterocycles. The van der Waals surface area contributed by atoms with E-state index in [1.807, 2.05) is 24.3 Å². The van der Waals surface area contributed by atoms with Crippen LogP contribution in [0.3, 0.4) is 0 Å². The number of rotatable bonds is 7. The maximum absolute atomic E-state index is 12.3. The van der Waals surface area contributed by atoms with Gasteiger partial charge < -0.3 is 20.7 Å². The van der Waals surface area contributed by atoms with E-state index in [0.717, 1.165) is 13.1 Å². The molecule has 0 spiro atoms. The third-order valence-corrected chi connectivity index (χ3v) is 4.65. The predicted molar refractivity (Wildman–Crippen MR) is 108 cm³/mol. The highest BCUT2D eigenvalue weighted by Gasteiger charge is 2.12. The van der Waals surface area contributed by atoms with E-state index in [4.69, 9.17) is 15.9 Å². The Balaban J connectivity index is 1.45. The van der Waals surface area contributed by atoms with Gasteiger partial charge in [-0.05, 0) is 55.7 Å². The fourth-order valence-electron chi connectivity index (χ4n) is 3.16. The van der Waals surface area contributed by atoms with Gasteiger partial charge in [0.2, 0.25) is 0 Å². The monoisotopic (exact) mass is 366 g/mol. The Morgan fingerprint density at radius 1 is 1.07 bits per heavy atom. The summed E-state index contributed by atoms with van der Waals surface area (Å²) in [6.07, 6.45) is 3.77. The highest BCUT2D eigenvalue weighted by atomic mass is 16.5. The van der Waals surface area contributed by atoms with Crippen molar-refractivity contribution in [2.75, 3.05) is 31.1 Å². The van der Waals surface area contributed by atoms with Crippen molar-refractivity contribution in [2.24, 2.45) is 5.73 Å². The van der Waals surface area contributed by atoms with E-state index in [2.05, 4.69) is 10.2 Å². The summed E-state index contributed by atoms with van der Waals surface area (Å²) in [5.74, 6) is 0.519. The zero-order chi connectivity index (χ0) is 19.1. The fourth-order valence-corrected chi connectivity index (χ4v) is 3.16. The Morgan fingerprint density at radius 3 is 2.52 bits per heavy atom. The van der Waals surface area contributed by atoms with Crippen molar-refractivity contribution >= 4 is 17.4 Å². The molecule has 1 saturated heterocycles. The number of hydrogen-bond acceptors (Lipinski definition) is 4. The van der Waals surface area contributed by atoms with Crippen LogP contribution in [0, 0.1) is 5.41 Å². The molecule has 0 saturated carbocycles. The van der Waals surface area contributed by atoms with Crippen LogP contribution in [-0.2, 0) is 0 Å². The van der Waals surface area contributed by atoms with Gasteiger partial charge in [-0.1, -0.05) is 12.1 Å². The van der Waals surface area contributed by atoms with Crippen molar-refractivity contribution in [1.82, 2.24) is 5.32 Å². The lowest BCUT2D eigenvalue weighted by Crippen LogP contribution is -2.30. The number of benzene rings is 2. The second-order valence-electron chi connectivity index (χ2n) is 6.64. The maximum atomic E-state index is 12.3. The number of carbonyl (C=O) groups is 1. The minimum Gasteiger partial charge on any atom is -0.492 e. The van der Waals surface area contributed by atoms with Crippen molar-refractivity contribution in [2.45, 2.75) is 19.3 Å². The second-order valence-corrected chi connectivity index (χ2v) is 6.64. The standard InChI is InChI=1S/C21H26N4O2/c22-20(23)17-5-4-6-19(15-17)27-14-11-24-21(26)16-7-9-18(10-8-16)25-12-2-1-3-13-25/h4-10,15H,1-3,11-14H2,(H3,22,23)(H,24,26). The van der Waals surface area contributed by atoms with Crippen LogP contribution in [0.1, 0.15) is 35.2 Å². The van der Waals surface area contributed by atoms with E-state index in [0.29, 0.717) is 30.0 Å². The van der Waals surface area contributed by atoms with Gasteiger partial charge in [-0.2, -0.15) is 0 Å². The first kappa shape index (κ1) is 18.8. The van der Waals surface area contributed by atoms with Crippen LogP contribution in [0.25, 0.3) is 0 Å². The molecule has 6 nitrogen and oxygen atoms in total. The Morgan fingerprint density at radius 2 is 1.81 bits per heavy atom. The Kier molecular flexibility index (Phi) is 6.30. The minimum absolute atomic E-state index is 0.00162. The summed E-state index contributed by atoms with van der Waals surface area (Å²) in [5.41, 5.74) is 7.91. The topological polar surface area (TPSA) is 91.4 Å². The largest absolute Gasteiger partial charge is 0.492 e. The Labute approximate surface area is 159 Å². The van der Waals surface area contributed by atoms with Gasteiger partial charge in [0.25, 0.3) is 5.91 Å². The van der Waals surface area contributed by atoms with E-state index in [9.17, 15) is 4.79 Å². The molecule has 1 amide bonds. The lowest BCUT2D eigenvalue weighted by molar-refractivity contribution is 0.0947. The number of nitrogens with zero attached hydrogens (tertiary/aromatic N) is 1. The normalized spacial score (nSPS) is 13.9. The molecule has 2 aromatic carbocycles. The van der Waals surface area contributed by atoms with Crippen molar-refractivity contribution < 1.29 is 9.53 Å². The zero-order valence-corrected chi connectivity index (χ0v) is 15.4. The number of piperidine rings is 1. The highest BCUT2D eigenvalue weighted by Crippen LogP contribution is 2.20. The van der Waals surface area contributed by atoms with Crippen LogP contribution in [-0.4, -0.2) is 38.0 Å². The van der Waals surface area contributed by atoms with Gasteiger partial charge in [0.1, 0.15) is 18.2 Å². The molecule has 27 heavy (non-hydrogen) atoms. The maximum Gasteiger partial charge on any atom is 0.251 e. The van der Waals surface area contributed by atoms with Gasteiger partial charge in [-0.25, -0.2) is 0 Å². The van der Waals surface area contributed by atoms with Crippen LogP contribution in [0.5, 0.6) is 5.75 Å². The van der Waals surface area contributed by atoms with E-state index in [1.165, 1.54) is 24.9 Å². The van der Waals surface area contributed by atoms with Gasteiger partial charge in [0, 0.05) is 29.9 Å². The SMILES string of the molecule is N=C(N)c1cccc(OCCNC(=O)c2ccc(N3CCCCC3)cc2)c1. The van der Waals surface area contributed by atoms with Crippen LogP contribution >= 0.6 is 0 Å². The summed E-state index contributed by atoms with van der Waals surface area (Å²) in [5, 5.41) is 10.3. The molecule has 0 unspecified atom stereocenters. The summed E-state index contributed by atoms with van der Waals surface area (Å²) in [4.78, 5) is 14.6. The van der Waals surface area contributed by atoms with E-state index in [-0.39, 0.29) is 11.7 Å². The lowest BCUT2D eigenvalue weighted by Gasteiger charge is -2.28. The Bertz CT molecular complexity index is 783. The average Bonchev–Trinajstić information content (AvgIpc) is 2.72. The van der Waals surface area contributed by atoms with Crippen molar-refractivity contribution in [1.29, 1.82) is 5.41 Å². The molecule has 0 radical (unpaired) electrons. The summed E-state index contributed by atoms with van der Waals surface area (Å²) in [6.45, 7) is 2.93. The van der Waals surface area contributed by atoms with Gasteiger partial charge in [0.05, 0.1) is 6.54 Å². The summed E-state index contributed by atoms with van der Waals surface area (Å²) >= 11 is 0. The second kappa shape index (κ2) is 9.07. The first-order valence-corrected chi connectivity index (χ1v) is 9.34. The molecule has 4 N–H and O–H groups in total. The zero-order valence-electron chi connectivity index (χ0n) is 15.4. The lowest BCUT2D eigenvalue weighted by atomic mass is 10.1. The van der Waals surface area contributed by atoms with Crippen molar-refractivity contribution in [3.63, 3.8) is 0 Å². The molecular weight excluding hydrogens is 340 g/mol. The van der Waals surface area contributed by atoms with Crippen molar-refractivity contribution in [3.05, 3.63) is 59.7 Å². The fraction of sp³-hybridized carbons (Fsp3) is 0.333. The number of amidine groups is 1. The minimum atomic E-state index is -0.110. The number of amides is 1. The van der Waals surface area contributed by atoms with Gasteiger partial charge >= 0.3 is 0 Å². The predicted octanol–water partition coefficient (Wildman–Crippen LogP) is 2.77. The highest BCUT2D eigenvalue weighted by molar-refractivity contribution is 5.95. The number of nitrogen functional groups attached to an aromatic ring is 1. The smallest absolute Gasteiger partial charge is 0.251 e. The Hall–Kier alpha value is -3.02. The third-order valence-electron chi connectivity index (χ3n) is 4.65. The summed E-state index contributed by atoms with van der Waals surface area (Å²) < 4.78 is 5.61. The third kappa shape index (κ3) is 5.23. The number of carbonyl (C=O) groups excluding carboxylic acids is 1. The van der Waals surface area contributed by atoms with Crippen LogP contribution in [0.2, 0.25) is 0 Å². The van der Waals surface area contributed by atoms with Gasteiger partial charge in [-0.15, -0.1) is 0 Å². The van der Waals surface area contributed by atoms with Crippen LogP contribution in [0.4, 0.5) is 5.69 Å².